The topological polar surface area (TPSA) is 87.5 Å². The van der Waals surface area contributed by atoms with Gasteiger partial charge >= 0.3 is 6.09 Å². The first-order valence-electron chi connectivity index (χ1n) is 6.93. The summed E-state index contributed by atoms with van der Waals surface area (Å²) in [7, 11) is 0. The van der Waals surface area contributed by atoms with Gasteiger partial charge in [-0.3, -0.25) is 0 Å². The van der Waals surface area contributed by atoms with E-state index in [1.54, 1.807) is 4.90 Å². The lowest BCUT2D eigenvalue weighted by Crippen LogP contribution is -2.37. The lowest BCUT2D eigenvalue weighted by atomic mass is 9.77. The second-order valence-corrected chi connectivity index (χ2v) is 6.64. The molecular weight excluding hydrogens is 260 g/mol. The Labute approximate surface area is 118 Å². The standard InChI is InChI=1S/C13H22N4O3/c1-12(2,3)20-11(18)17-7-10(6-15-16-14)13(8-17)4-5-19-9-13/h10H,4-9H2,1-3H3. The van der Waals surface area contributed by atoms with Gasteiger partial charge in [0.15, 0.2) is 0 Å². The van der Waals surface area contributed by atoms with E-state index >= 15 is 0 Å². The number of azide groups is 1. The second kappa shape index (κ2) is 5.50. The van der Waals surface area contributed by atoms with Gasteiger partial charge in [0.05, 0.1) is 6.61 Å². The van der Waals surface area contributed by atoms with Gasteiger partial charge in [-0.2, -0.15) is 0 Å². The van der Waals surface area contributed by atoms with E-state index in [2.05, 4.69) is 10.0 Å². The Kier molecular flexibility index (Phi) is 4.11. The molecule has 2 rings (SSSR count). The normalized spacial score (nSPS) is 29.6. The van der Waals surface area contributed by atoms with E-state index in [0.29, 0.717) is 32.8 Å². The molecule has 2 aliphatic rings. The average molecular weight is 282 g/mol. The van der Waals surface area contributed by atoms with Crippen LogP contribution in [0.25, 0.3) is 10.4 Å². The van der Waals surface area contributed by atoms with Crippen molar-refractivity contribution < 1.29 is 14.3 Å². The predicted octanol–water partition coefficient (Wildman–Crippen LogP) is 2.57. The number of ether oxygens (including phenoxy) is 2. The van der Waals surface area contributed by atoms with Crippen LogP contribution in [0.1, 0.15) is 27.2 Å². The largest absolute Gasteiger partial charge is 0.444 e. The molecule has 0 aliphatic carbocycles. The third-order valence-electron chi connectivity index (χ3n) is 3.96. The van der Waals surface area contributed by atoms with Gasteiger partial charge in [0.1, 0.15) is 5.60 Å². The molecule has 0 saturated carbocycles. The summed E-state index contributed by atoms with van der Waals surface area (Å²) >= 11 is 0. The number of likely N-dealkylation sites (tertiary alicyclic amines) is 1. The monoisotopic (exact) mass is 282 g/mol. The molecule has 0 aromatic rings. The molecule has 0 bridgehead atoms. The van der Waals surface area contributed by atoms with Crippen LogP contribution in [0, 0.1) is 11.3 Å². The fraction of sp³-hybridized carbons (Fsp3) is 0.923. The summed E-state index contributed by atoms with van der Waals surface area (Å²) in [5.74, 6) is 0.147. The number of amides is 1. The molecule has 112 valence electrons. The van der Waals surface area contributed by atoms with Gasteiger partial charge in [0.25, 0.3) is 0 Å². The Morgan fingerprint density at radius 1 is 1.60 bits per heavy atom. The molecule has 0 N–H and O–H groups in total. The molecule has 0 radical (unpaired) electrons. The summed E-state index contributed by atoms with van der Waals surface area (Å²) < 4.78 is 10.9. The number of hydrogen-bond acceptors (Lipinski definition) is 4. The SMILES string of the molecule is CC(C)(C)OC(=O)N1CC(CN=[N+]=[N-])C2(CCOC2)C1. The van der Waals surface area contributed by atoms with Gasteiger partial charge in [-0.15, -0.1) is 0 Å². The Morgan fingerprint density at radius 3 is 2.90 bits per heavy atom. The predicted molar refractivity (Wildman–Crippen MR) is 73.2 cm³/mol. The van der Waals surface area contributed by atoms with E-state index < -0.39 is 5.60 Å². The van der Waals surface area contributed by atoms with E-state index in [-0.39, 0.29) is 17.4 Å². The van der Waals surface area contributed by atoms with Gasteiger partial charge in [0, 0.05) is 36.6 Å². The van der Waals surface area contributed by atoms with Crippen molar-refractivity contribution in [3.8, 4) is 0 Å². The van der Waals surface area contributed by atoms with Crippen molar-refractivity contribution in [2.75, 3.05) is 32.8 Å². The molecule has 2 unspecified atom stereocenters. The molecular formula is C13H22N4O3. The number of carbonyl (C=O) groups excluding carboxylic acids is 1. The van der Waals surface area contributed by atoms with Crippen molar-refractivity contribution in [3.63, 3.8) is 0 Å². The fourth-order valence-electron chi connectivity index (χ4n) is 2.96. The van der Waals surface area contributed by atoms with E-state index in [0.717, 1.165) is 6.42 Å². The van der Waals surface area contributed by atoms with Crippen molar-refractivity contribution in [1.82, 2.24) is 4.90 Å². The molecule has 20 heavy (non-hydrogen) atoms. The van der Waals surface area contributed by atoms with E-state index in [1.165, 1.54) is 0 Å². The summed E-state index contributed by atoms with van der Waals surface area (Å²) in [6, 6.07) is 0. The van der Waals surface area contributed by atoms with Crippen LogP contribution < -0.4 is 0 Å². The highest BCUT2D eigenvalue weighted by molar-refractivity contribution is 5.68. The average Bonchev–Trinajstić information content (AvgIpc) is 2.94. The first-order valence-corrected chi connectivity index (χ1v) is 6.93. The fourth-order valence-corrected chi connectivity index (χ4v) is 2.96. The lowest BCUT2D eigenvalue weighted by Gasteiger charge is -2.27. The van der Waals surface area contributed by atoms with Gasteiger partial charge in [-0.25, -0.2) is 4.79 Å². The molecule has 1 spiro atoms. The molecule has 7 heteroatoms. The quantitative estimate of drug-likeness (QED) is 0.443. The van der Waals surface area contributed by atoms with Crippen LogP contribution in [-0.4, -0.2) is 49.4 Å². The Balaban J connectivity index is 2.07. The number of hydrogen-bond donors (Lipinski definition) is 0. The minimum absolute atomic E-state index is 0.0783. The maximum atomic E-state index is 12.2. The minimum Gasteiger partial charge on any atom is -0.444 e. The first kappa shape index (κ1) is 14.9. The van der Waals surface area contributed by atoms with Crippen LogP contribution in [0.5, 0.6) is 0 Å². The third-order valence-corrected chi connectivity index (χ3v) is 3.96. The van der Waals surface area contributed by atoms with Crippen LogP contribution >= 0.6 is 0 Å². The van der Waals surface area contributed by atoms with Crippen molar-refractivity contribution >= 4 is 6.09 Å². The molecule has 2 fully saturated rings. The highest BCUT2D eigenvalue weighted by Crippen LogP contribution is 2.43. The first-order chi connectivity index (χ1) is 9.36. The number of rotatable bonds is 2. The zero-order valence-corrected chi connectivity index (χ0v) is 12.3. The zero-order chi connectivity index (χ0) is 14.8. The van der Waals surface area contributed by atoms with Crippen molar-refractivity contribution in [2.45, 2.75) is 32.8 Å². The Hall–Kier alpha value is -1.46. The second-order valence-electron chi connectivity index (χ2n) is 6.64. The van der Waals surface area contributed by atoms with Gasteiger partial charge in [-0.1, -0.05) is 5.11 Å². The van der Waals surface area contributed by atoms with Gasteiger partial charge in [-0.05, 0) is 38.6 Å². The highest BCUT2D eigenvalue weighted by atomic mass is 16.6. The van der Waals surface area contributed by atoms with Crippen LogP contribution in [-0.2, 0) is 9.47 Å². The summed E-state index contributed by atoms with van der Waals surface area (Å²) in [5, 5.41) is 3.69. The van der Waals surface area contributed by atoms with Crippen molar-refractivity contribution in [3.05, 3.63) is 10.4 Å². The van der Waals surface area contributed by atoms with E-state index in [9.17, 15) is 4.79 Å². The molecule has 0 aromatic heterocycles. The summed E-state index contributed by atoms with van der Waals surface area (Å²) in [5.41, 5.74) is 7.93. The van der Waals surface area contributed by atoms with Crippen LogP contribution in [0.3, 0.4) is 0 Å². The van der Waals surface area contributed by atoms with Crippen LogP contribution in [0.2, 0.25) is 0 Å². The maximum Gasteiger partial charge on any atom is 0.410 e. The summed E-state index contributed by atoms with van der Waals surface area (Å²) in [6.45, 7) is 8.48. The van der Waals surface area contributed by atoms with Crippen molar-refractivity contribution in [2.24, 2.45) is 16.4 Å². The Morgan fingerprint density at radius 2 is 2.35 bits per heavy atom. The molecule has 1 amide bonds. The van der Waals surface area contributed by atoms with Gasteiger partial charge in [0.2, 0.25) is 0 Å². The molecule has 0 aromatic carbocycles. The smallest absolute Gasteiger partial charge is 0.410 e. The molecule has 2 atom stereocenters. The Bertz CT molecular complexity index is 420. The molecule has 2 aliphatic heterocycles. The van der Waals surface area contributed by atoms with E-state index in [4.69, 9.17) is 15.0 Å². The van der Waals surface area contributed by atoms with Crippen LogP contribution in [0.4, 0.5) is 4.79 Å². The maximum absolute atomic E-state index is 12.2. The van der Waals surface area contributed by atoms with Crippen molar-refractivity contribution in [1.29, 1.82) is 0 Å². The number of carbonyl (C=O) groups is 1. The summed E-state index contributed by atoms with van der Waals surface area (Å²) in [4.78, 5) is 16.7. The van der Waals surface area contributed by atoms with Gasteiger partial charge < -0.3 is 14.4 Å². The molecule has 2 saturated heterocycles. The molecule has 7 nitrogen and oxygen atoms in total. The van der Waals surface area contributed by atoms with E-state index in [1.807, 2.05) is 20.8 Å². The zero-order valence-electron chi connectivity index (χ0n) is 12.3. The lowest BCUT2D eigenvalue weighted by molar-refractivity contribution is 0.0269. The molecule has 2 heterocycles. The summed E-state index contributed by atoms with van der Waals surface area (Å²) in [6.07, 6.45) is 0.602. The highest BCUT2D eigenvalue weighted by Gasteiger charge is 2.50. The third kappa shape index (κ3) is 3.16. The van der Waals surface area contributed by atoms with Crippen LogP contribution in [0.15, 0.2) is 5.11 Å². The number of nitrogens with zero attached hydrogens (tertiary/aromatic N) is 4. The minimum atomic E-state index is -0.501.